The molecule has 0 saturated carbocycles. The average molecular weight is 240 g/mol. The molecule has 6 heteroatoms. The van der Waals surface area contributed by atoms with Gasteiger partial charge in [0.2, 0.25) is 0 Å². The van der Waals surface area contributed by atoms with Crippen molar-refractivity contribution in [1.29, 1.82) is 10.8 Å². The number of benzene rings is 2. The van der Waals surface area contributed by atoms with E-state index in [9.17, 15) is 10.1 Å². The van der Waals surface area contributed by atoms with Gasteiger partial charge in [0.15, 0.2) is 0 Å². The maximum atomic E-state index is 11.0. The highest BCUT2D eigenvalue weighted by Gasteiger charge is 2.25. The summed E-state index contributed by atoms with van der Waals surface area (Å²) in [4.78, 5) is 10.5. The van der Waals surface area contributed by atoms with E-state index < -0.39 is 4.92 Å². The molecule has 1 aliphatic rings. The van der Waals surface area contributed by atoms with Gasteiger partial charge in [-0.2, -0.15) is 0 Å². The zero-order valence-corrected chi connectivity index (χ0v) is 9.15. The van der Waals surface area contributed by atoms with Crippen molar-refractivity contribution in [2.45, 2.75) is 0 Å². The smallest absolute Gasteiger partial charge is 0.277 e. The van der Waals surface area contributed by atoms with Crippen LogP contribution in [0.1, 0.15) is 11.1 Å². The van der Waals surface area contributed by atoms with Gasteiger partial charge < -0.3 is 5.32 Å². The molecule has 3 rings (SSSR count). The number of nitro benzene ring substituents is 1. The van der Waals surface area contributed by atoms with Gasteiger partial charge in [-0.05, 0) is 12.1 Å². The van der Waals surface area contributed by atoms with Crippen molar-refractivity contribution in [1.82, 2.24) is 5.32 Å². The van der Waals surface area contributed by atoms with Crippen LogP contribution in [0.15, 0.2) is 30.3 Å². The zero-order valence-electron chi connectivity index (χ0n) is 9.15. The van der Waals surface area contributed by atoms with E-state index in [-0.39, 0.29) is 17.4 Å². The molecule has 2 aromatic rings. The largest absolute Gasteiger partial charge is 0.325 e. The summed E-state index contributed by atoms with van der Waals surface area (Å²) in [7, 11) is 0. The normalized spacial score (nSPS) is 13.6. The molecule has 1 aliphatic heterocycles. The summed E-state index contributed by atoms with van der Waals surface area (Å²) in [5, 5.41) is 30.2. The number of nitrogens with zero attached hydrogens (tertiary/aromatic N) is 1. The summed E-state index contributed by atoms with van der Waals surface area (Å²) in [6, 6.07) is 8.03. The Labute approximate surface area is 101 Å². The number of hydrogen-bond donors (Lipinski definition) is 3. The minimum atomic E-state index is -0.438. The Kier molecular flexibility index (Phi) is 1.94. The van der Waals surface area contributed by atoms with Crippen molar-refractivity contribution >= 4 is 28.1 Å². The molecule has 0 fully saturated rings. The molecule has 0 unspecified atom stereocenters. The van der Waals surface area contributed by atoms with Gasteiger partial charge in [0.05, 0.1) is 10.3 Å². The summed E-state index contributed by atoms with van der Waals surface area (Å²) in [5.41, 5.74) is 1.18. The van der Waals surface area contributed by atoms with Crippen LogP contribution in [-0.2, 0) is 0 Å². The van der Waals surface area contributed by atoms with Crippen molar-refractivity contribution in [3.63, 3.8) is 0 Å². The van der Waals surface area contributed by atoms with Crippen molar-refractivity contribution in [2.75, 3.05) is 0 Å². The number of hydrogen-bond acceptors (Lipinski definition) is 4. The SMILES string of the molecule is N=C1NC(=N)c2c1ccc1c([N+](=O)[O-])cccc21. The van der Waals surface area contributed by atoms with Gasteiger partial charge in [-0.1, -0.05) is 12.1 Å². The lowest BCUT2D eigenvalue weighted by molar-refractivity contribution is -0.383. The van der Waals surface area contributed by atoms with Crippen molar-refractivity contribution in [3.05, 3.63) is 51.6 Å². The van der Waals surface area contributed by atoms with Gasteiger partial charge >= 0.3 is 0 Å². The number of fused-ring (bicyclic) bond motifs is 3. The van der Waals surface area contributed by atoms with Crippen LogP contribution in [0.2, 0.25) is 0 Å². The van der Waals surface area contributed by atoms with Crippen molar-refractivity contribution < 1.29 is 4.92 Å². The fourth-order valence-electron chi connectivity index (χ4n) is 2.23. The lowest BCUT2D eigenvalue weighted by Gasteiger charge is -2.04. The molecule has 18 heavy (non-hydrogen) atoms. The average Bonchev–Trinajstić information content (AvgIpc) is 2.64. The molecule has 0 atom stereocenters. The molecular weight excluding hydrogens is 232 g/mol. The second-order valence-electron chi connectivity index (χ2n) is 3.99. The van der Waals surface area contributed by atoms with Crippen LogP contribution in [0.5, 0.6) is 0 Å². The van der Waals surface area contributed by atoms with Crippen molar-refractivity contribution in [2.24, 2.45) is 0 Å². The molecule has 3 N–H and O–H groups in total. The van der Waals surface area contributed by atoms with E-state index in [0.717, 1.165) is 0 Å². The Bertz CT molecular complexity index is 736. The lowest BCUT2D eigenvalue weighted by atomic mass is 9.99. The molecule has 88 valence electrons. The second kappa shape index (κ2) is 3.36. The minimum Gasteiger partial charge on any atom is -0.325 e. The Morgan fingerprint density at radius 3 is 2.56 bits per heavy atom. The zero-order chi connectivity index (χ0) is 12.9. The van der Waals surface area contributed by atoms with E-state index in [2.05, 4.69) is 5.32 Å². The summed E-state index contributed by atoms with van der Waals surface area (Å²) in [6.07, 6.45) is 0. The Morgan fingerprint density at radius 1 is 1.06 bits per heavy atom. The van der Waals surface area contributed by atoms with Gasteiger partial charge in [-0.25, -0.2) is 0 Å². The summed E-state index contributed by atoms with van der Waals surface area (Å²) in [6.45, 7) is 0. The topological polar surface area (TPSA) is 103 Å². The molecule has 6 nitrogen and oxygen atoms in total. The summed E-state index contributed by atoms with van der Waals surface area (Å²) >= 11 is 0. The Balaban J connectivity index is 2.46. The Hall–Kier alpha value is -2.76. The molecule has 0 saturated heterocycles. The van der Waals surface area contributed by atoms with Crippen LogP contribution in [0.4, 0.5) is 5.69 Å². The highest BCUT2D eigenvalue weighted by atomic mass is 16.6. The minimum absolute atomic E-state index is 0.0153. The maximum absolute atomic E-state index is 11.0. The van der Waals surface area contributed by atoms with Crippen LogP contribution in [0, 0.1) is 20.9 Å². The number of non-ortho nitro benzene ring substituents is 1. The van der Waals surface area contributed by atoms with E-state index in [1.54, 1.807) is 24.3 Å². The monoisotopic (exact) mass is 240 g/mol. The first-order chi connectivity index (χ1) is 8.59. The number of rotatable bonds is 1. The predicted octanol–water partition coefficient (Wildman–Crippen LogP) is 2.00. The van der Waals surface area contributed by atoms with E-state index in [0.29, 0.717) is 21.9 Å². The first-order valence-electron chi connectivity index (χ1n) is 5.24. The fraction of sp³-hybridized carbons (Fsp3) is 0. The molecule has 0 aromatic heterocycles. The highest BCUT2D eigenvalue weighted by molar-refractivity contribution is 6.28. The van der Waals surface area contributed by atoms with Crippen LogP contribution in [0.25, 0.3) is 10.8 Å². The molecule has 0 bridgehead atoms. The lowest BCUT2D eigenvalue weighted by Crippen LogP contribution is -2.20. The van der Waals surface area contributed by atoms with E-state index in [4.69, 9.17) is 10.8 Å². The van der Waals surface area contributed by atoms with Gasteiger partial charge in [-0.3, -0.25) is 20.9 Å². The Morgan fingerprint density at radius 2 is 1.83 bits per heavy atom. The molecule has 0 aliphatic carbocycles. The predicted molar refractivity (Wildman–Crippen MR) is 67.4 cm³/mol. The molecule has 0 spiro atoms. The molecular formula is C12H8N4O2. The molecule has 0 radical (unpaired) electrons. The van der Waals surface area contributed by atoms with Crippen LogP contribution in [-0.4, -0.2) is 16.6 Å². The third-order valence-electron chi connectivity index (χ3n) is 3.00. The first-order valence-corrected chi connectivity index (χ1v) is 5.24. The number of nitrogens with one attached hydrogen (secondary N) is 3. The van der Waals surface area contributed by atoms with Gasteiger partial charge in [0.25, 0.3) is 5.69 Å². The van der Waals surface area contributed by atoms with Gasteiger partial charge in [0, 0.05) is 22.6 Å². The maximum Gasteiger partial charge on any atom is 0.277 e. The van der Waals surface area contributed by atoms with Crippen LogP contribution >= 0.6 is 0 Å². The fourth-order valence-corrected chi connectivity index (χ4v) is 2.23. The number of amidine groups is 2. The molecule has 0 amide bonds. The number of nitro groups is 1. The van der Waals surface area contributed by atoms with E-state index in [1.807, 2.05) is 0 Å². The second-order valence-corrected chi connectivity index (χ2v) is 3.99. The quantitative estimate of drug-likeness (QED) is 0.524. The van der Waals surface area contributed by atoms with E-state index in [1.165, 1.54) is 6.07 Å². The third kappa shape index (κ3) is 1.22. The molecule has 1 heterocycles. The first kappa shape index (κ1) is 10.4. The highest BCUT2D eigenvalue weighted by Crippen LogP contribution is 2.31. The molecule has 2 aromatic carbocycles. The van der Waals surface area contributed by atoms with Crippen LogP contribution in [0.3, 0.4) is 0 Å². The standard InChI is InChI=1S/C12H8N4O2/c13-11-8-5-4-6-7(10(8)12(14)15-11)2-1-3-9(6)16(17)18/h1-5H,(H3,13,14,15). The van der Waals surface area contributed by atoms with Crippen molar-refractivity contribution in [3.8, 4) is 0 Å². The van der Waals surface area contributed by atoms with Gasteiger partial charge in [0.1, 0.15) is 11.7 Å². The van der Waals surface area contributed by atoms with E-state index >= 15 is 0 Å². The third-order valence-corrected chi connectivity index (χ3v) is 3.00. The van der Waals surface area contributed by atoms with Crippen LogP contribution < -0.4 is 5.32 Å². The van der Waals surface area contributed by atoms with Gasteiger partial charge in [-0.15, -0.1) is 0 Å². The summed E-state index contributed by atoms with van der Waals surface area (Å²) < 4.78 is 0. The summed E-state index contributed by atoms with van der Waals surface area (Å²) in [5.74, 6) is 0.268.